The summed E-state index contributed by atoms with van der Waals surface area (Å²) in [6.07, 6.45) is 2.92. The molecule has 1 unspecified atom stereocenters. The summed E-state index contributed by atoms with van der Waals surface area (Å²) in [6, 6.07) is 7.98. The molecule has 0 aromatic heterocycles. The van der Waals surface area contributed by atoms with Crippen molar-refractivity contribution < 1.29 is 14.6 Å². The fraction of sp³-hybridized carbons (Fsp3) is 0.611. The van der Waals surface area contributed by atoms with Gasteiger partial charge in [0.25, 0.3) is 0 Å². The summed E-state index contributed by atoms with van der Waals surface area (Å²) in [6.45, 7) is 4.83. The van der Waals surface area contributed by atoms with Crippen molar-refractivity contribution in [3.63, 3.8) is 0 Å². The number of nitrogens with zero attached hydrogens (tertiary/aromatic N) is 1. The van der Waals surface area contributed by atoms with Gasteiger partial charge >= 0.3 is 0 Å². The standard InChI is InChI=1S/C18H28N2O3/c1-2-14-3-5-17(6-4-14)23-13-16(21)12-20-9-7-15(8-10-20)11-18(19)22/h3-6,15-16,21H,2,7-13H2,1H3,(H2,19,22). The first-order chi connectivity index (χ1) is 11.1. The normalized spacial score (nSPS) is 17.8. The molecule has 0 aliphatic carbocycles. The number of likely N-dealkylation sites (tertiary alicyclic amines) is 1. The Labute approximate surface area is 138 Å². The molecule has 128 valence electrons. The highest BCUT2D eigenvalue weighted by Gasteiger charge is 2.22. The molecule has 1 heterocycles. The maximum absolute atomic E-state index is 10.9. The molecule has 1 aromatic rings. The zero-order valence-electron chi connectivity index (χ0n) is 13.9. The Morgan fingerprint density at radius 3 is 2.57 bits per heavy atom. The Morgan fingerprint density at radius 2 is 2.00 bits per heavy atom. The first kappa shape index (κ1) is 17.8. The van der Waals surface area contributed by atoms with Crippen molar-refractivity contribution in [2.75, 3.05) is 26.2 Å². The molecular weight excluding hydrogens is 292 g/mol. The van der Waals surface area contributed by atoms with Crippen LogP contribution in [0.3, 0.4) is 0 Å². The third-order valence-corrected chi connectivity index (χ3v) is 4.44. The van der Waals surface area contributed by atoms with Crippen molar-refractivity contribution in [3.8, 4) is 5.75 Å². The Kier molecular flexibility index (Phi) is 6.86. The van der Waals surface area contributed by atoms with E-state index in [0.717, 1.165) is 38.1 Å². The number of benzene rings is 1. The van der Waals surface area contributed by atoms with Gasteiger partial charge in [-0.25, -0.2) is 0 Å². The van der Waals surface area contributed by atoms with Crippen LogP contribution >= 0.6 is 0 Å². The second kappa shape index (κ2) is 8.89. The van der Waals surface area contributed by atoms with Crippen molar-refractivity contribution in [1.29, 1.82) is 0 Å². The second-order valence-corrected chi connectivity index (χ2v) is 6.38. The van der Waals surface area contributed by atoms with Gasteiger partial charge < -0.3 is 20.5 Å². The predicted molar refractivity (Wildman–Crippen MR) is 90.3 cm³/mol. The SMILES string of the molecule is CCc1ccc(OCC(O)CN2CCC(CC(N)=O)CC2)cc1. The van der Waals surface area contributed by atoms with Gasteiger partial charge in [-0.3, -0.25) is 4.79 Å². The van der Waals surface area contributed by atoms with E-state index in [1.54, 1.807) is 0 Å². The van der Waals surface area contributed by atoms with Crippen LogP contribution in [0.4, 0.5) is 0 Å². The van der Waals surface area contributed by atoms with E-state index in [4.69, 9.17) is 10.5 Å². The van der Waals surface area contributed by atoms with Crippen molar-refractivity contribution in [1.82, 2.24) is 4.90 Å². The Bertz CT molecular complexity index is 482. The third kappa shape index (κ3) is 6.20. The number of hydrogen-bond acceptors (Lipinski definition) is 4. The fourth-order valence-electron chi connectivity index (χ4n) is 3.02. The molecule has 0 spiro atoms. The largest absolute Gasteiger partial charge is 0.491 e. The number of nitrogens with two attached hydrogens (primary N) is 1. The molecule has 3 N–H and O–H groups in total. The third-order valence-electron chi connectivity index (χ3n) is 4.44. The molecule has 5 nitrogen and oxygen atoms in total. The van der Waals surface area contributed by atoms with Crippen LogP contribution in [0.2, 0.25) is 0 Å². The highest BCUT2D eigenvalue weighted by Crippen LogP contribution is 2.20. The Balaban J connectivity index is 1.66. The summed E-state index contributed by atoms with van der Waals surface area (Å²) < 4.78 is 5.64. The van der Waals surface area contributed by atoms with Gasteiger partial charge in [0.05, 0.1) is 0 Å². The Morgan fingerprint density at radius 1 is 1.35 bits per heavy atom. The molecular formula is C18H28N2O3. The molecule has 2 rings (SSSR count). The van der Waals surface area contributed by atoms with Crippen molar-refractivity contribution in [3.05, 3.63) is 29.8 Å². The zero-order chi connectivity index (χ0) is 16.7. The summed E-state index contributed by atoms with van der Waals surface area (Å²) >= 11 is 0. The molecule has 0 radical (unpaired) electrons. The van der Waals surface area contributed by atoms with Crippen molar-refractivity contribution in [2.24, 2.45) is 11.7 Å². The molecule has 1 aliphatic rings. The van der Waals surface area contributed by atoms with E-state index in [1.165, 1.54) is 5.56 Å². The van der Waals surface area contributed by atoms with E-state index in [-0.39, 0.29) is 5.91 Å². The number of carbonyl (C=O) groups excluding carboxylic acids is 1. The summed E-state index contributed by atoms with van der Waals surface area (Å²) in [5, 5.41) is 10.1. The predicted octanol–water partition coefficient (Wildman–Crippen LogP) is 1.58. The smallest absolute Gasteiger partial charge is 0.217 e. The van der Waals surface area contributed by atoms with E-state index in [2.05, 4.69) is 11.8 Å². The average Bonchev–Trinajstić information content (AvgIpc) is 2.55. The van der Waals surface area contributed by atoms with Crippen LogP contribution in [-0.4, -0.2) is 48.3 Å². The van der Waals surface area contributed by atoms with E-state index < -0.39 is 6.10 Å². The van der Waals surface area contributed by atoms with Crippen LogP contribution in [-0.2, 0) is 11.2 Å². The van der Waals surface area contributed by atoms with Crippen LogP contribution in [0.25, 0.3) is 0 Å². The van der Waals surface area contributed by atoms with Gasteiger partial charge in [0, 0.05) is 13.0 Å². The lowest BCUT2D eigenvalue weighted by Gasteiger charge is -2.32. The number of rotatable bonds is 8. The lowest BCUT2D eigenvalue weighted by molar-refractivity contribution is -0.119. The summed E-state index contributed by atoms with van der Waals surface area (Å²) in [7, 11) is 0. The van der Waals surface area contributed by atoms with Gasteiger partial charge in [-0.1, -0.05) is 19.1 Å². The second-order valence-electron chi connectivity index (χ2n) is 6.38. The van der Waals surface area contributed by atoms with E-state index in [1.807, 2.05) is 24.3 Å². The molecule has 1 aromatic carbocycles. The number of hydrogen-bond donors (Lipinski definition) is 2. The quantitative estimate of drug-likeness (QED) is 0.762. The number of aliphatic hydroxyl groups is 1. The van der Waals surface area contributed by atoms with Crippen LogP contribution in [0.1, 0.15) is 31.7 Å². The summed E-state index contributed by atoms with van der Waals surface area (Å²) in [5.41, 5.74) is 6.52. The highest BCUT2D eigenvalue weighted by molar-refractivity contribution is 5.73. The van der Waals surface area contributed by atoms with E-state index in [0.29, 0.717) is 25.5 Å². The minimum absolute atomic E-state index is 0.217. The van der Waals surface area contributed by atoms with E-state index in [9.17, 15) is 9.90 Å². The highest BCUT2D eigenvalue weighted by atomic mass is 16.5. The maximum Gasteiger partial charge on any atom is 0.217 e. The minimum Gasteiger partial charge on any atom is -0.491 e. The molecule has 23 heavy (non-hydrogen) atoms. The number of piperidine rings is 1. The molecule has 1 amide bonds. The van der Waals surface area contributed by atoms with Crippen LogP contribution in [0.5, 0.6) is 5.75 Å². The fourth-order valence-corrected chi connectivity index (χ4v) is 3.02. The van der Waals surface area contributed by atoms with Crippen LogP contribution < -0.4 is 10.5 Å². The first-order valence-electron chi connectivity index (χ1n) is 8.47. The van der Waals surface area contributed by atoms with Gasteiger partial charge in [-0.15, -0.1) is 0 Å². The maximum atomic E-state index is 10.9. The molecule has 1 atom stereocenters. The molecule has 0 bridgehead atoms. The average molecular weight is 320 g/mol. The monoisotopic (exact) mass is 320 g/mol. The van der Waals surface area contributed by atoms with Crippen LogP contribution in [0, 0.1) is 5.92 Å². The summed E-state index contributed by atoms with van der Waals surface area (Å²) in [5.74, 6) is 0.974. The van der Waals surface area contributed by atoms with E-state index >= 15 is 0 Å². The number of aryl methyl sites for hydroxylation is 1. The number of β-amino-alcohol motifs (C(OH)–C–C–N with tert-alkyl or cyclic N) is 1. The first-order valence-corrected chi connectivity index (χ1v) is 8.47. The van der Waals surface area contributed by atoms with Gasteiger partial charge in [-0.05, 0) is 56.0 Å². The van der Waals surface area contributed by atoms with Crippen LogP contribution in [0.15, 0.2) is 24.3 Å². The van der Waals surface area contributed by atoms with Crippen molar-refractivity contribution in [2.45, 2.75) is 38.7 Å². The Hall–Kier alpha value is -1.59. The van der Waals surface area contributed by atoms with Gasteiger partial charge in [-0.2, -0.15) is 0 Å². The number of primary amides is 1. The number of aliphatic hydroxyl groups excluding tert-OH is 1. The number of amides is 1. The van der Waals surface area contributed by atoms with Gasteiger partial charge in [0.1, 0.15) is 18.5 Å². The lowest BCUT2D eigenvalue weighted by atomic mass is 9.93. The van der Waals surface area contributed by atoms with Crippen molar-refractivity contribution >= 4 is 5.91 Å². The zero-order valence-corrected chi connectivity index (χ0v) is 13.9. The molecule has 5 heteroatoms. The molecule has 1 saturated heterocycles. The molecule has 1 fully saturated rings. The van der Waals surface area contributed by atoms with Gasteiger partial charge in [0.15, 0.2) is 0 Å². The van der Waals surface area contributed by atoms with Gasteiger partial charge in [0.2, 0.25) is 5.91 Å². The topological polar surface area (TPSA) is 75.8 Å². The molecule has 1 aliphatic heterocycles. The number of carbonyl (C=O) groups is 1. The minimum atomic E-state index is -0.506. The summed E-state index contributed by atoms with van der Waals surface area (Å²) in [4.78, 5) is 13.2. The molecule has 0 saturated carbocycles. The lowest BCUT2D eigenvalue weighted by Crippen LogP contribution is -2.41. The number of ether oxygens (including phenoxy) is 1.